The number of nitrogens with one attached hydrogen (secondary N) is 1. The molecule has 2 aliphatic heterocycles. The third kappa shape index (κ3) is 4.88. The summed E-state index contributed by atoms with van der Waals surface area (Å²) in [6.45, 7) is 0. The molecular weight excluding hydrogens is 508 g/mol. The van der Waals surface area contributed by atoms with E-state index in [0.717, 1.165) is 5.69 Å². The van der Waals surface area contributed by atoms with Crippen LogP contribution >= 0.6 is 23.5 Å². The number of fused-ring (bicyclic) bond motifs is 1. The zero-order chi connectivity index (χ0) is 26.0. The minimum absolute atomic E-state index is 0.0123. The smallest absolute Gasteiger partial charge is 0.352 e. The lowest BCUT2D eigenvalue weighted by molar-refractivity contribution is -0.150. The van der Waals surface area contributed by atoms with Crippen LogP contribution in [0.15, 0.2) is 45.8 Å². The lowest BCUT2D eigenvalue weighted by atomic mass is 10.0. The Bertz CT molecular complexity index is 1240. The number of aryl methyl sites for hydroxylation is 1. The number of tetrazole rings is 1. The summed E-state index contributed by atoms with van der Waals surface area (Å²) in [4.78, 5) is 46.1. The average molecular weight is 533 g/mol. The van der Waals surface area contributed by atoms with Crippen LogP contribution < -0.4 is 10.2 Å². The van der Waals surface area contributed by atoms with Crippen molar-refractivity contribution in [3.8, 4) is 0 Å². The molecule has 0 saturated carbocycles. The van der Waals surface area contributed by atoms with E-state index in [-0.39, 0.29) is 11.4 Å². The van der Waals surface area contributed by atoms with Crippen molar-refractivity contribution < 1.29 is 24.3 Å². The number of carboxylic acids is 1. The molecule has 0 aliphatic carbocycles. The zero-order valence-corrected chi connectivity index (χ0v) is 21.5. The molecule has 15 heteroatoms. The van der Waals surface area contributed by atoms with Crippen LogP contribution in [0.2, 0.25) is 0 Å². The summed E-state index contributed by atoms with van der Waals surface area (Å²) >= 11 is 2.67. The first-order valence-corrected chi connectivity index (χ1v) is 12.7. The van der Waals surface area contributed by atoms with Gasteiger partial charge in [-0.05, 0) is 28.1 Å². The predicted molar refractivity (Wildman–Crippen MR) is 134 cm³/mol. The van der Waals surface area contributed by atoms with Gasteiger partial charge in [-0.3, -0.25) is 14.5 Å². The van der Waals surface area contributed by atoms with Crippen molar-refractivity contribution in [3.05, 3.63) is 41.1 Å². The SMILES string of the molecule is CO/N=C(/C(=O)NC1C(=O)N2C(C(=O)O)=C(CSc3nnnn3C)CS[C@H]12)c1ccc(N(C)C)cc1. The van der Waals surface area contributed by atoms with Crippen LogP contribution in [-0.2, 0) is 26.3 Å². The van der Waals surface area contributed by atoms with Gasteiger partial charge in [-0.15, -0.1) is 16.9 Å². The number of oxime groups is 1. The molecule has 1 aromatic carbocycles. The van der Waals surface area contributed by atoms with Gasteiger partial charge in [0, 0.05) is 43.9 Å². The molecule has 2 amide bonds. The third-order valence-corrected chi connectivity index (χ3v) is 7.98. The van der Waals surface area contributed by atoms with Crippen molar-refractivity contribution in [1.82, 2.24) is 30.4 Å². The summed E-state index contributed by atoms with van der Waals surface area (Å²) in [6.07, 6.45) is 0. The minimum Gasteiger partial charge on any atom is -0.477 e. The number of rotatable bonds is 9. The first-order chi connectivity index (χ1) is 17.2. The van der Waals surface area contributed by atoms with Crippen LogP contribution in [0.5, 0.6) is 0 Å². The Morgan fingerprint density at radius 3 is 2.64 bits per heavy atom. The fraction of sp³-hybridized carbons (Fsp3) is 0.381. The van der Waals surface area contributed by atoms with E-state index in [1.807, 2.05) is 31.1 Å². The number of hydrogen-bond acceptors (Lipinski definition) is 11. The Morgan fingerprint density at radius 2 is 2.06 bits per heavy atom. The second-order valence-electron chi connectivity index (χ2n) is 8.06. The molecule has 13 nitrogen and oxygen atoms in total. The number of aliphatic carboxylic acids is 1. The lowest BCUT2D eigenvalue weighted by Gasteiger charge is -2.49. The maximum Gasteiger partial charge on any atom is 0.352 e. The van der Waals surface area contributed by atoms with Gasteiger partial charge < -0.3 is 20.2 Å². The van der Waals surface area contributed by atoms with Crippen LogP contribution in [0.4, 0.5) is 5.69 Å². The van der Waals surface area contributed by atoms with E-state index in [4.69, 9.17) is 4.84 Å². The number of anilines is 1. The number of aromatic nitrogens is 4. The summed E-state index contributed by atoms with van der Waals surface area (Å²) in [7, 11) is 6.82. The molecule has 4 rings (SSSR count). The van der Waals surface area contributed by atoms with Crippen LogP contribution in [0, 0.1) is 0 Å². The van der Waals surface area contributed by atoms with Crippen molar-refractivity contribution in [3.63, 3.8) is 0 Å². The van der Waals surface area contributed by atoms with Gasteiger partial charge in [-0.1, -0.05) is 29.1 Å². The van der Waals surface area contributed by atoms with Gasteiger partial charge in [0.15, 0.2) is 5.71 Å². The first kappa shape index (κ1) is 25.5. The number of carboxylic acid groups (broad SMARTS) is 1. The Labute approximate surface area is 214 Å². The number of benzene rings is 1. The third-order valence-electron chi connectivity index (χ3n) is 5.55. The second kappa shape index (κ2) is 10.6. The molecule has 0 bridgehead atoms. The molecule has 2 aliphatic rings. The molecular formula is C21H24N8O5S2. The number of carbonyl (C=O) groups is 3. The highest BCUT2D eigenvalue weighted by Crippen LogP contribution is 2.41. The van der Waals surface area contributed by atoms with E-state index in [0.29, 0.717) is 27.8 Å². The van der Waals surface area contributed by atoms with Crippen molar-refractivity contribution >= 4 is 52.7 Å². The van der Waals surface area contributed by atoms with Gasteiger partial charge in [0.1, 0.15) is 24.2 Å². The van der Waals surface area contributed by atoms with Gasteiger partial charge in [-0.25, -0.2) is 9.48 Å². The van der Waals surface area contributed by atoms with Gasteiger partial charge in [0.25, 0.3) is 11.8 Å². The summed E-state index contributed by atoms with van der Waals surface area (Å²) in [5, 5.41) is 27.6. The normalized spacial score (nSPS) is 19.5. The van der Waals surface area contributed by atoms with Crippen LogP contribution in [-0.4, -0.2) is 97.8 Å². The number of carbonyl (C=O) groups excluding carboxylic acids is 2. The monoisotopic (exact) mass is 532 g/mol. The molecule has 0 spiro atoms. The summed E-state index contributed by atoms with van der Waals surface area (Å²) in [5.41, 5.74) is 1.98. The maximum atomic E-state index is 13.1. The van der Waals surface area contributed by atoms with Crippen molar-refractivity contribution in [2.75, 3.05) is 37.6 Å². The van der Waals surface area contributed by atoms with Crippen LogP contribution in [0.25, 0.3) is 0 Å². The molecule has 2 aromatic rings. The molecule has 1 unspecified atom stereocenters. The molecule has 36 heavy (non-hydrogen) atoms. The highest BCUT2D eigenvalue weighted by Gasteiger charge is 2.54. The first-order valence-electron chi connectivity index (χ1n) is 10.7. The largest absolute Gasteiger partial charge is 0.477 e. The molecule has 190 valence electrons. The number of nitrogens with zero attached hydrogens (tertiary/aromatic N) is 7. The Kier molecular flexibility index (Phi) is 7.49. The van der Waals surface area contributed by atoms with E-state index in [9.17, 15) is 19.5 Å². The fourth-order valence-electron chi connectivity index (χ4n) is 3.73. The molecule has 0 radical (unpaired) electrons. The molecule has 3 heterocycles. The minimum atomic E-state index is -1.20. The Hall–Kier alpha value is -3.59. The summed E-state index contributed by atoms with van der Waals surface area (Å²) in [6, 6.07) is 6.25. The van der Waals surface area contributed by atoms with E-state index < -0.39 is 29.2 Å². The van der Waals surface area contributed by atoms with E-state index in [1.165, 1.54) is 40.2 Å². The molecule has 1 aromatic heterocycles. The number of β-lactam (4-membered cyclic amide) rings is 1. The van der Waals surface area contributed by atoms with E-state index >= 15 is 0 Å². The Balaban J connectivity index is 1.49. The molecule has 1 fully saturated rings. The van der Waals surface area contributed by atoms with Crippen LogP contribution in [0.3, 0.4) is 0 Å². The molecule has 2 N–H and O–H groups in total. The number of hydrogen-bond donors (Lipinski definition) is 2. The zero-order valence-electron chi connectivity index (χ0n) is 19.9. The van der Waals surface area contributed by atoms with Crippen molar-refractivity contribution in [2.24, 2.45) is 12.2 Å². The number of amides is 2. The van der Waals surface area contributed by atoms with E-state index in [2.05, 4.69) is 26.0 Å². The van der Waals surface area contributed by atoms with Gasteiger partial charge in [0.05, 0.1) is 0 Å². The number of thioether (sulfide) groups is 2. The molecule has 1 saturated heterocycles. The fourth-order valence-corrected chi connectivity index (χ4v) is 6.07. The topological polar surface area (TPSA) is 155 Å². The van der Waals surface area contributed by atoms with Crippen molar-refractivity contribution in [1.29, 1.82) is 0 Å². The van der Waals surface area contributed by atoms with Gasteiger partial charge in [0.2, 0.25) is 5.16 Å². The summed E-state index contributed by atoms with van der Waals surface area (Å²) in [5.74, 6) is -1.60. The van der Waals surface area contributed by atoms with Crippen LogP contribution in [0.1, 0.15) is 5.56 Å². The van der Waals surface area contributed by atoms with Gasteiger partial charge >= 0.3 is 5.97 Å². The maximum absolute atomic E-state index is 13.1. The quantitative estimate of drug-likeness (QED) is 0.196. The average Bonchev–Trinajstić information content (AvgIpc) is 3.28. The second-order valence-corrected chi connectivity index (χ2v) is 10.1. The Morgan fingerprint density at radius 1 is 1.33 bits per heavy atom. The van der Waals surface area contributed by atoms with E-state index in [1.54, 1.807) is 19.2 Å². The summed E-state index contributed by atoms with van der Waals surface area (Å²) < 4.78 is 1.48. The molecule has 2 atom stereocenters. The predicted octanol–water partition coefficient (Wildman–Crippen LogP) is 0.158. The van der Waals surface area contributed by atoms with Crippen molar-refractivity contribution in [2.45, 2.75) is 16.6 Å². The van der Waals surface area contributed by atoms with Gasteiger partial charge in [-0.2, -0.15) is 0 Å². The standard InChI is InChI=1S/C21H24N8O5S2/c1-27(2)13-7-5-11(6-8-13)14(24-34-4)17(30)22-15-18(31)29-16(20(32)33)12(9-35-19(15)29)10-36-21-23-25-26-28(21)3/h5-8,15,19H,9-10H2,1-4H3,(H,22,30)(H,32,33)/b24-14+/t15?,19-/m1/s1. The highest BCUT2D eigenvalue weighted by molar-refractivity contribution is 8.01. The lowest BCUT2D eigenvalue weighted by Crippen LogP contribution is -2.71. The highest BCUT2D eigenvalue weighted by atomic mass is 32.2.